The van der Waals surface area contributed by atoms with E-state index in [2.05, 4.69) is 26.1 Å². The van der Waals surface area contributed by atoms with Crippen molar-refractivity contribution >= 4 is 0 Å². The lowest BCUT2D eigenvalue weighted by Gasteiger charge is -2.40. The van der Waals surface area contributed by atoms with Crippen LogP contribution in [0.1, 0.15) is 59.3 Å². The Balaban J connectivity index is 1.76. The van der Waals surface area contributed by atoms with Crippen LogP contribution in [0.4, 0.5) is 0 Å². The van der Waals surface area contributed by atoms with Crippen LogP contribution in [0.3, 0.4) is 0 Å². The van der Waals surface area contributed by atoms with E-state index in [-0.39, 0.29) is 6.10 Å². The van der Waals surface area contributed by atoms with Gasteiger partial charge >= 0.3 is 0 Å². The topological polar surface area (TPSA) is 32.3 Å². The molecule has 2 rings (SSSR count). The van der Waals surface area contributed by atoms with Crippen LogP contribution in [0.5, 0.6) is 0 Å². The van der Waals surface area contributed by atoms with Crippen molar-refractivity contribution in [1.29, 1.82) is 0 Å². The Morgan fingerprint density at radius 3 is 2.59 bits per heavy atom. The maximum absolute atomic E-state index is 9.83. The highest BCUT2D eigenvalue weighted by Crippen LogP contribution is 2.38. The first-order valence-corrected chi connectivity index (χ1v) is 7.39. The van der Waals surface area contributed by atoms with Crippen LogP contribution in [0, 0.1) is 17.3 Å². The minimum atomic E-state index is -0.0437. The third-order valence-corrected chi connectivity index (χ3v) is 4.95. The van der Waals surface area contributed by atoms with Gasteiger partial charge in [-0.2, -0.15) is 0 Å². The summed E-state index contributed by atoms with van der Waals surface area (Å²) >= 11 is 0. The van der Waals surface area contributed by atoms with Crippen LogP contribution < -0.4 is 5.32 Å². The lowest BCUT2D eigenvalue weighted by atomic mass is 9.70. The summed E-state index contributed by atoms with van der Waals surface area (Å²) in [6.45, 7) is 8.18. The van der Waals surface area contributed by atoms with Crippen molar-refractivity contribution in [3.8, 4) is 0 Å². The zero-order valence-corrected chi connectivity index (χ0v) is 11.7. The Bertz CT molecular complexity index is 251. The van der Waals surface area contributed by atoms with Crippen LogP contribution in [0.15, 0.2) is 0 Å². The Labute approximate surface area is 106 Å². The molecule has 0 aromatic heterocycles. The molecule has 0 bridgehead atoms. The van der Waals surface area contributed by atoms with Crippen molar-refractivity contribution in [3.63, 3.8) is 0 Å². The molecule has 17 heavy (non-hydrogen) atoms. The van der Waals surface area contributed by atoms with Gasteiger partial charge in [-0.05, 0) is 49.4 Å². The smallest absolute Gasteiger partial charge is 0.0580 e. The van der Waals surface area contributed by atoms with E-state index in [0.717, 1.165) is 18.9 Å². The summed E-state index contributed by atoms with van der Waals surface area (Å²) in [4.78, 5) is 0. The van der Waals surface area contributed by atoms with E-state index in [1.165, 1.54) is 32.1 Å². The molecule has 2 heteroatoms. The molecule has 2 saturated carbocycles. The van der Waals surface area contributed by atoms with Crippen molar-refractivity contribution in [2.24, 2.45) is 17.3 Å². The molecular formula is C15H29NO. The summed E-state index contributed by atoms with van der Waals surface area (Å²) < 4.78 is 0. The fourth-order valence-electron chi connectivity index (χ4n) is 3.81. The molecule has 0 saturated heterocycles. The first-order valence-electron chi connectivity index (χ1n) is 7.39. The normalized spacial score (nSPS) is 41.6. The zero-order valence-electron chi connectivity index (χ0n) is 11.7. The molecule has 0 radical (unpaired) electrons. The lowest BCUT2D eigenvalue weighted by Crippen LogP contribution is -2.44. The van der Waals surface area contributed by atoms with Crippen molar-refractivity contribution in [2.75, 3.05) is 6.54 Å². The van der Waals surface area contributed by atoms with E-state index in [0.29, 0.717) is 17.4 Å². The molecule has 2 aliphatic carbocycles. The molecular weight excluding hydrogens is 210 g/mol. The van der Waals surface area contributed by atoms with Crippen molar-refractivity contribution in [3.05, 3.63) is 0 Å². The highest BCUT2D eigenvalue weighted by atomic mass is 16.3. The molecule has 2 aliphatic rings. The predicted octanol–water partition coefficient (Wildman–Crippen LogP) is 2.95. The van der Waals surface area contributed by atoms with Gasteiger partial charge in [0.25, 0.3) is 0 Å². The maximum Gasteiger partial charge on any atom is 0.0580 e. The van der Waals surface area contributed by atoms with Gasteiger partial charge in [-0.3, -0.25) is 0 Å². The molecule has 2 nitrogen and oxygen atoms in total. The molecule has 0 aromatic carbocycles. The molecule has 100 valence electrons. The predicted molar refractivity (Wildman–Crippen MR) is 71.9 cm³/mol. The van der Waals surface area contributed by atoms with E-state index in [4.69, 9.17) is 0 Å². The molecule has 2 N–H and O–H groups in total. The monoisotopic (exact) mass is 239 g/mol. The van der Waals surface area contributed by atoms with Gasteiger partial charge in [0.1, 0.15) is 0 Å². The number of rotatable bonds is 3. The van der Waals surface area contributed by atoms with E-state index < -0.39 is 0 Å². The van der Waals surface area contributed by atoms with E-state index in [9.17, 15) is 5.11 Å². The molecule has 0 heterocycles. The Hall–Kier alpha value is -0.0800. The number of nitrogens with one attached hydrogen (secondary N) is 1. The Kier molecular flexibility index (Phi) is 4.14. The van der Waals surface area contributed by atoms with Crippen LogP contribution in [0.25, 0.3) is 0 Å². The zero-order chi connectivity index (χ0) is 12.5. The number of hydrogen-bond donors (Lipinski definition) is 2. The average Bonchev–Trinajstić information content (AvgIpc) is 2.62. The SMILES string of the molecule is CC1CC(C)(C)CCC1NCC1CCCC1O. The van der Waals surface area contributed by atoms with Crippen molar-refractivity contribution in [1.82, 2.24) is 5.32 Å². The summed E-state index contributed by atoms with van der Waals surface area (Å²) in [5.74, 6) is 1.29. The molecule has 0 aromatic rings. The van der Waals surface area contributed by atoms with Crippen LogP contribution in [0.2, 0.25) is 0 Å². The van der Waals surface area contributed by atoms with Crippen LogP contribution in [-0.4, -0.2) is 23.8 Å². The van der Waals surface area contributed by atoms with Gasteiger partial charge in [0.15, 0.2) is 0 Å². The quantitative estimate of drug-likeness (QED) is 0.793. The summed E-state index contributed by atoms with van der Waals surface area (Å²) in [5, 5.41) is 13.5. The summed E-state index contributed by atoms with van der Waals surface area (Å²) in [5.41, 5.74) is 0.532. The molecule has 4 unspecified atom stereocenters. The van der Waals surface area contributed by atoms with Crippen LogP contribution in [-0.2, 0) is 0 Å². The second-order valence-corrected chi connectivity index (χ2v) is 7.16. The van der Waals surface area contributed by atoms with Gasteiger partial charge < -0.3 is 10.4 Å². The number of aliphatic hydroxyl groups excluding tert-OH is 1. The molecule has 4 atom stereocenters. The maximum atomic E-state index is 9.83. The molecule has 0 aliphatic heterocycles. The molecule has 2 fully saturated rings. The first kappa shape index (κ1) is 13.4. The lowest BCUT2D eigenvalue weighted by molar-refractivity contribution is 0.113. The Morgan fingerprint density at radius 1 is 1.24 bits per heavy atom. The molecule has 0 spiro atoms. The molecule has 0 amide bonds. The van der Waals surface area contributed by atoms with E-state index in [1.54, 1.807) is 0 Å². The third kappa shape index (κ3) is 3.45. The van der Waals surface area contributed by atoms with Gasteiger partial charge in [-0.25, -0.2) is 0 Å². The van der Waals surface area contributed by atoms with Gasteiger partial charge in [-0.1, -0.05) is 27.2 Å². The van der Waals surface area contributed by atoms with Gasteiger partial charge in [0.05, 0.1) is 6.10 Å². The van der Waals surface area contributed by atoms with Crippen molar-refractivity contribution in [2.45, 2.75) is 71.4 Å². The van der Waals surface area contributed by atoms with Gasteiger partial charge in [0, 0.05) is 12.6 Å². The summed E-state index contributed by atoms with van der Waals surface area (Å²) in [7, 11) is 0. The minimum absolute atomic E-state index is 0.0437. The minimum Gasteiger partial charge on any atom is -0.393 e. The average molecular weight is 239 g/mol. The second kappa shape index (κ2) is 5.27. The van der Waals surface area contributed by atoms with Crippen molar-refractivity contribution < 1.29 is 5.11 Å². The van der Waals surface area contributed by atoms with E-state index >= 15 is 0 Å². The highest BCUT2D eigenvalue weighted by Gasteiger charge is 2.33. The van der Waals surface area contributed by atoms with Gasteiger partial charge in [0.2, 0.25) is 0 Å². The van der Waals surface area contributed by atoms with Crippen LogP contribution >= 0.6 is 0 Å². The second-order valence-electron chi connectivity index (χ2n) is 7.16. The standard InChI is InChI=1S/C15H29NO/c1-11-9-15(2,3)8-7-13(11)16-10-12-5-4-6-14(12)17/h11-14,16-17H,4-10H2,1-3H3. The van der Waals surface area contributed by atoms with Gasteiger partial charge in [-0.15, -0.1) is 0 Å². The number of aliphatic hydroxyl groups is 1. The summed E-state index contributed by atoms with van der Waals surface area (Å²) in [6.07, 6.45) is 7.36. The highest BCUT2D eigenvalue weighted by molar-refractivity contribution is 4.88. The number of hydrogen-bond acceptors (Lipinski definition) is 2. The Morgan fingerprint density at radius 2 is 2.00 bits per heavy atom. The first-order chi connectivity index (χ1) is 7.98. The third-order valence-electron chi connectivity index (χ3n) is 4.95. The fourth-order valence-corrected chi connectivity index (χ4v) is 3.81. The van der Waals surface area contributed by atoms with E-state index in [1.807, 2.05) is 0 Å². The summed E-state index contributed by atoms with van der Waals surface area (Å²) in [6, 6.07) is 0.677. The largest absolute Gasteiger partial charge is 0.393 e. The fraction of sp³-hybridized carbons (Fsp3) is 1.00.